The summed E-state index contributed by atoms with van der Waals surface area (Å²) in [6, 6.07) is 4.00. The van der Waals surface area contributed by atoms with E-state index in [1.807, 2.05) is 13.0 Å². The minimum atomic E-state index is -0.253. The van der Waals surface area contributed by atoms with E-state index in [9.17, 15) is 5.11 Å². The van der Waals surface area contributed by atoms with E-state index < -0.39 is 0 Å². The van der Waals surface area contributed by atoms with Gasteiger partial charge in [0.1, 0.15) is 0 Å². The lowest BCUT2D eigenvalue weighted by molar-refractivity contribution is 0.146. The molecular weight excluding hydrogens is 236 g/mol. The van der Waals surface area contributed by atoms with E-state index >= 15 is 0 Å². The molecule has 0 aliphatic rings. The van der Waals surface area contributed by atoms with Gasteiger partial charge >= 0.3 is 0 Å². The first-order valence-corrected chi connectivity index (χ1v) is 5.89. The van der Waals surface area contributed by atoms with E-state index in [0.717, 1.165) is 18.7 Å². The number of nitrogens with one attached hydrogen (secondary N) is 1. The van der Waals surface area contributed by atoms with Gasteiger partial charge in [-0.15, -0.1) is 12.4 Å². The van der Waals surface area contributed by atoms with Crippen molar-refractivity contribution in [1.82, 2.24) is 10.3 Å². The highest BCUT2D eigenvalue weighted by Gasteiger charge is 2.06. The highest BCUT2D eigenvalue weighted by molar-refractivity contribution is 5.85. The largest absolute Gasteiger partial charge is 0.392 e. The van der Waals surface area contributed by atoms with Crippen LogP contribution < -0.4 is 5.32 Å². The van der Waals surface area contributed by atoms with Gasteiger partial charge in [0.25, 0.3) is 0 Å². The molecule has 0 amide bonds. The monoisotopic (exact) mass is 258 g/mol. The predicted molar refractivity (Wildman–Crippen MR) is 73.4 cm³/mol. The van der Waals surface area contributed by atoms with Crippen molar-refractivity contribution < 1.29 is 5.11 Å². The van der Waals surface area contributed by atoms with E-state index in [4.69, 9.17) is 0 Å². The molecule has 98 valence electrons. The molecule has 2 N–H and O–H groups in total. The highest BCUT2D eigenvalue weighted by Crippen LogP contribution is 2.05. The molecule has 0 bridgehead atoms. The number of aliphatic hydroxyl groups is 1. The normalized spacial score (nSPS) is 12.3. The number of pyridine rings is 1. The van der Waals surface area contributed by atoms with Crippen molar-refractivity contribution in [1.29, 1.82) is 0 Å². The number of hydrogen-bond acceptors (Lipinski definition) is 3. The van der Waals surface area contributed by atoms with E-state index in [1.54, 1.807) is 6.20 Å². The molecule has 0 saturated heterocycles. The van der Waals surface area contributed by atoms with Gasteiger partial charge in [-0.25, -0.2) is 0 Å². The van der Waals surface area contributed by atoms with Gasteiger partial charge in [0.2, 0.25) is 0 Å². The molecule has 0 aliphatic heterocycles. The molecule has 1 atom stereocenters. The summed E-state index contributed by atoms with van der Waals surface area (Å²) in [6.45, 7) is 7.66. The quantitative estimate of drug-likeness (QED) is 0.823. The summed E-state index contributed by atoms with van der Waals surface area (Å²) in [6.07, 6.45) is 2.39. The maximum atomic E-state index is 9.69. The van der Waals surface area contributed by atoms with Crippen molar-refractivity contribution in [2.45, 2.75) is 39.8 Å². The lowest BCUT2D eigenvalue weighted by Crippen LogP contribution is -2.27. The van der Waals surface area contributed by atoms with Gasteiger partial charge in [0.05, 0.1) is 6.10 Å². The first-order chi connectivity index (χ1) is 7.59. The number of rotatable bonds is 6. The van der Waals surface area contributed by atoms with Crippen molar-refractivity contribution in [3.8, 4) is 0 Å². The highest BCUT2D eigenvalue weighted by atomic mass is 35.5. The SMILES string of the molecule is Cc1ncccc1CNCC(O)CC(C)C.Cl. The molecule has 0 spiro atoms. The number of aliphatic hydroxyl groups excluding tert-OH is 1. The van der Waals surface area contributed by atoms with E-state index in [-0.39, 0.29) is 18.5 Å². The zero-order valence-corrected chi connectivity index (χ0v) is 11.6. The Morgan fingerprint density at radius 2 is 2.12 bits per heavy atom. The summed E-state index contributed by atoms with van der Waals surface area (Å²) in [5.41, 5.74) is 2.24. The summed E-state index contributed by atoms with van der Waals surface area (Å²) in [5.74, 6) is 0.539. The maximum absolute atomic E-state index is 9.69. The van der Waals surface area contributed by atoms with Gasteiger partial charge in [-0.3, -0.25) is 4.98 Å². The van der Waals surface area contributed by atoms with Gasteiger partial charge in [0, 0.05) is 25.0 Å². The maximum Gasteiger partial charge on any atom is 0.0667 e. The topological polar surface area (TPSA) is 45.2 Å². The zero-order valence-electron chi connectivity index (χ0n) is 10.8. The fourth-order valence-corrected chi connectivity index (χ4v) is 1.71. The Morgan fingerprint density at radius 3 is 2.71 bits per heavy atom. The molecule has 1 rings (SSSR count). The van der Waals surface area contributed by atoms with Gasteiger partial charge < -0.3 is 10.4 Å². The van der Waals surface area contributed by atoms with Gasteiger partial charge in [-0.1, -0.05) is 19.9 Å². The van der Waals surface area contributed by atoms with Crippen LogP contribution in [-0.4, -0.2) is 22.7 Å². The smallest absolute Gasteiger partial charge is 0.0667 e. The Hall–Kier alpha value is -0.640. The van der Waals surface area contributed by atoms with Crippen LogP contribution in [0.5, 0.6) is 0 Å². The number of aromatic nitrogens is 1. The minimum Gasteiger partial charge on any atom is -0.392 e. The third-order valence-electron chi connectivity index (χ3n) is 2.56. The van der Waals surface area contributed by atoms with Crippen LogP contribution >= 0.6 is 12.4 Å². The van der Waals surface area contributed by atoms with Crippen LogP contribution in [-0.2, 0) is 6.54 Å². The van der Waals surface area contributed by atoms with Crippen LogP contribution in [0.25, 0.3) is 0 Å². The van der Waals surface area contributed by atoms with Gasteiger partial charge in [-0.2, -0.15) is 0 Å². The molecule has 0 aromatic carbocycles. The molecule has 0 fully saturated rings. The first-order valence-electron chi connectivity index (χ1n) is 5.89. The molecule has 0 aliphatic carbocycles. The van der Waals surface area contributed by atoms with Crippen LogP contribution in [0.1, 0.15) is 31.5 Å². The lowest BCUT2D eigenvalue weighted by atomic mass is 10.1. The van der Waals surface area contributed by atoms with Crippen molar-refractivity contribution in [3.63, 3.8) is 0 Å². The van der Waals surface area contributed by atoms with Crippen molar-refractivity contribution >= 4 is 12.4 Å². The van der Waals surface area contributed by atoms with Crippen LogP contribution in [0.15, 0.2) is 18.3 Å². The minimum absolute atomic E-state index is 0. The lowest BCUT2D eigenvalue weighted by Gasteiger charge is -2.14. The van der Waals surface area contributed by atoms with Gasteiger partial charge in [0.15, 0.2) is 0 Å². The van der Waals surface area contributed by atoms with Crippen LogP contribution in [0.4, 0.5) is 0 Å². The average Bonchev–Trinajstić information content (AvgIpc) is 2.19. The Kier molecular flexibility index (Phi) is 8.13. The molecule has 4 heteroatoms. The predicted octanol–water partition coefficient (Wildman–Crippen LogP) is 2.31. The Morgan fingerprint density at radius 1 is 1.41 bits per heavy atom. The number of nitrogens with zero attached hydrogens (tertiary/aromatic N) is 1. The Bertz CT molecular complexity index is 318. The number of halogens is 1. The summed E-state index contributed by atoms with van der Waals surface area (Å²) >= 11 is 0. The molecular formula is C13H23ClN2O. The van der Waals surface area contributed by atoms with Gasteiger partial charge in [-0.05, 0) is 30.9 Å². The van der Waals surface area contributed by atoms with E-state index in [1.165, 1.54) is 5.56 Å². The first kappa shape index (κ1) is 16.4. The second kappa shape index (κ2) is 8.45. The third-order valence-corrected chi connectivity index (χ3v) is 2.56. The second-order valence-electron chi connectivity index (χ2n) is 4.66. The molecule has 3 nitrogen and oxygen atoms in total. The number of hydrogen-bond donors (Lipinski definition) is 2. The van der Waals surface area contributed by atoms with Crippen molar-refractivity contribution in [2.75, 3.05) is 6.54 Å². The standard InChI is InChI=1S/C13H22N2O.ClH/c1-10(2)7-13(16)9-14-8-12-5-4-6-15-11(12)3;/h4-6,10,13-14,16H,7-9H2,1-3H3;1H. The molecule has 1 aromatic heterocycles. The summed E-state index contributed by atoms with van der Waals surface area (Å²) in [7, 11) is 0. The van der Waals surface area contributed by atoms with Crippen molar-refractivity contribution in [2.24, 2.45) is 5.92 Å². The molecule has 0 saturated carbocycles. The fourth-order valence-electron chi connectivity index (χ4n) is 1.71. The average molecular weight is 259 g/mol. The molecule has 1 aromatic rings. The number of aryl methyl sites for hydroxylation is 1. The molecule has 1 unspecified atom stereocenters. The fraction of sp³-hybridized carbons (Fsp3) is 0.615. The Labute approximate surface area is 110 Å². The summed E-state index contributed by atoms with van der Waals surface area (Å²) in [4.78, 5) is 4.22. The molecule has 17 heavy (non-hydrogen) atoms. The second-order valence-corrected chi connectivity index (χ2v) is 4.66. The Balaban J connectivity index is 0.00000256. The summed E-state index contributed by atoms with van der Waals surface area (Å²) < 4.78 is 0. The van der Waals surface area contributed by atoms with E-state index in [2.05, 4.69) is 30.2 Å². The van der Waals surface area contributed by atoms with Crippen LogP contribution in [0, 0.1) is 12.8 Å². The van der Waals surface area contributed by atoms with Crippen LogP contribution in [0.2, 0.25) is 0 Å². The van der Waals surface area contributed by atoms with Crippen molar-refractivity contribution in [3.05, 3.63) is 29.6 Å². The zero-order chi connectivity index (χ0) is 12.0. The molecule has 1 heterocycles. The molecule has 0 radical (unpaired) electrons. The third kappa shape index (κ3) is 6.61. The summed E-state index contributed by atoms with van der Waals surface area (Å²) in [5, 5.41) is 12.9. The van der Waals surface area contributed by atoms with E-state index in [0.29, 0.717) is 12.5 Å². The van der Waals surface area contributed by atoms with Crippen LogP contribution in [0.3, 0.4) is 0 Å².